The number of carbonyl (C=O) groups excluding carboxylic acids is 1. The van der Waals surface area contributed by atoms with Crippen LogP contribution in [-0.2, 0) is 11.3 Å². The van der Waals surface area contributed by atoms with E-state index < -0.39 is 0 Å². The molecule has 2 rings (SSSR count). The molecule has 1 amide bonds. The molecule has 0 radical (unpaired) electrons. The average Bonchev–Trinajstić information content (AvgIpc) is 2.54. The quantitative estimate of drug-likeness (QED) is 0.426. The van der Waals surface area contributed by atoms with E-state index in [0.29, 0.717) is 13.2 Å². The molecule has 1 aromatic rings. The number of hydrogen-bond acceptors (Lipinski definition) is 2. The summed E-state index contributed by atoms with van der Waals surface area (Å²) >= 11 is 0. The zero-order valence-electron chi connectivity index (χ0n) is 8.14. The number of carbonyl (C=O) groups is 1. The number of nitrogens with zero attached hydrogens (tertiary/aromatic N) is 1. The fourth-order valence-electron chi connectivity index (χ4n) is 1.27. The second-order valence-corrected chi connectivity index (χ2v) is 2.87. The molecule has 1 fully saturated rings. The van der Waals surface area contributed by atoms with E-state index in [-0.39, 0.29) is 25.0 Å². The SMILES string of the molecule is O=C1OC[CH-]N1Cc1ccccc1.[Li+]. The van der Waals surface area contributed by atoms with Crippen molar-refractivity contribution in [1.29, 1.82) is 0 Å². The van der Waals surface area contributed by atoms with Crippen molar-refractivity contribution in [3.8, 4) is 0 Å². The van der Waals surface area contributed by atoms with E-state index in [1.807, 2.05) is 30.3 Å². The summed E-state index contributed by atoms with van der Waals surface area (Å²) in [5, 5.41) is 0. The maximum Gasteiger partial charge on any atom is 1.00 e. The number of rotatable bonds is 2. The Kier molecular flexibility index (Phi) is 4.06. The van der Waals surface area contributed by atoms with Crippen LogP contribution in [0, 0.1) is 6.54 Å². The van der Waals surface area contributed by atoms with Crippen LogP contribution in [0.15, 0.2) is 30.3 Å². The first kappa shape index (κ1) is 11.2. The van der Waals surface area contributed by atoms with Gasteiger partial charge in [-0.2, -0.15) is 6.54 Å². The molecule has 0 N–H and O–H groups in total. The van der Waals surface area contributed by atoms with Crippen LogP contribution in [0.3, 0.4) is 0 Å². The van der Waals surface area contributed by atoms with Crippen molar-refractivity contribution in [2.75, 3.05) is 6.61 Å². The summed E-state index contributed by atoms with van der Waals surface area (Å²) in [6.45, 7) is 2.75. The van der Waals surface area contributed by atoms with Crippen molar-refractivity contribution in [3.63, 3.8) is 0 Å². The number of cyclic esters (lactones) is 1. The van der Waals surface area contributed by atoms with Crippen molar-refractivity contribution in [2.45, 2.75) is 6.54 Å². The third-order valence-electron chi connectivity index (χ3n) is 1.93. The molecule has 1 heterocycles. The van der Waals surface area contributed by atoms with Crippen molar-refractivity contribution in [3.05, 3.63) is 42.4 Å². The summed E-state index contributed by atoms with van der Waals surface area (Å²) in [5.41, 5.74) is 1.11. The Morgan fingerprint density at radius 3 is 2.64 bits per heavy atom. The van der Waals surface area contributed by atoms with E-state index in [9.17, 15) is 4.79 Å². The first-order valence-electron chi connectivity index (χ1n) is 4.17. The molecule has 0 atom stereocenters. The number of hydrogen-bond donors (Lipinski definition) is 0. The molecule has 3 nitrogen and oxygen atoms in total. The Morgan fingerprint density at radius 2 is 2.07 bits per heavy atom. The van der Waals surface area contributed by atoms with Gasteiger partial charge in [-0.1, -0.05) is 30.3 Å². The topological polar surface area (TPSA) is 29.5 Å². The predicted molar refractivity (Wildman–Crippen MR) is 47.6 cm³/mol. The van der Waals surface area contributed by atoms with Gasteiger partial charge in [0.1, 0.15) is 0 Å². The molecular formula is C10H10LiNO2. The van der Waals surface area contributed by atoms with Gasteiger partial charge in [0.05, 0.1) is 0 Å². The van der Waals surface area contributed by atoms with Gasteiger partial charge in [0.15, 0.2) is 0 Å². The van der Waals surface area contributed by atoms with Crippen LogP contribution in [0.5, 0.6) is 0 Å². The summed E-state index contributed by atoms with van der Waals surface area (Å²) in [5.74, 6) is 0. The van der Waals surface area contributed by atoms with E-state index in [4.69, 9.17) is 4.74 Å². The maximum atomic E-state index is 11.1. The predicted octanol–water partition coefficient (Wildman–Crippen LogP) is -1.20. The monoisotopic (exact) mass is 183 g/mol. The molecule has 4 heteroatoms. The van der Waals surface area contributed by atoms with Crippen LogP contribution in [-0.4, -0.2) is 17.6 Å². The van der Waals surface area contributed by atoms with Gasteiger partial charge in [0.2, 0.25) is 0 Å². The molecule has 68 valence electrons. The van der Waals surface area contributed by atoms with E-state index in [2.05, 4.69) is 0 Å². The second-order valence-electron chi connectivity index (χ2n) is 2.87. The van der Waals surface area contributed by atoms with Gasteiger partial charge in [0.25, 0.3) is 0 Å². The molecule has 0 aliphatic carbocycles. The fourth-order valence-corrected chi connectivity index (χ4v) is 1.27. The third-order valence-corrected chi connectivity index (χ3v) is 1.93. The molecule has 1 aliphatic rings. The smallest absolute Gasteiger partial charge is 0.483 e. The first-order chi connectivity index (χ1) is 6.36. The Morgan fingerprint density at radius 1 is 1.36 bits per heavy atom. The Balaban J connectivity index is 0.000000980. The van der Waals surface area contributed by atoms with Crippen LogP contribution >= 0.6 is 0 Å². The number of amides is 1. The van der Waals surface area contributed by atoms with Crippen molar-refractivity contribution in [1.82, 2.24) is 4.90 Å². The fraction of sp³-hybridized carbons (Fsp3) is 0.200. The number of ether oxygens (including phenoxy) is 1. The summed E-state index contributed by atoms with van der Waals surface area (Å²) in [6, 6.07) is 9.84. The zero-order chi connectivity index (χ0) is 9.10. The second kappa shape index (κ2) is 5.09. The molecule has 14 heavy (non-hydrogen) atoms. The van der Waals surface area contributed by atoms with Crippen molar-refractivity contribution in [2.24, 2.45) is 0 Å². The Bertz CT molecular complexity index is 302. The van der Waals surface area contributed by atoms with Crippen LogP contribution in [0.4, 0.5) is 4.79 Å². The minimum atomic E-state index is -0.260. The van der Waals surface area contributed by atoms with Gasteiger partial charge in [-0.25, -0.2) is 4.79 Å². The van der Waals surface area contributed by atoms with Crippen molar-refractivity contribution < 1.29 is 28.4 Å². The van der Waals surface area contributed by atoms with Gasteiger partial charge in [0, 0.05) is 6.54 Å². The summed E-state index contributed by atoms with van der Waals surface area (Å²) < 4.78 is 4.77. The third kappa shape index (κ3) is 2.54. The van der Waals surface area contributed by atoms with Crippen LogP contribution < -0.4 is 18.9 Å². The van der Waals surface area contributed by atoms with Gasteiger partial charge >= 0.3 is 25.0 Å². The Hall–Kier alpha value is -0.913. The van der Waals surface area contributed by atoms with E-state index in [1.54, 1.807) is 11.4 Å². The Labute approximate surface area is 95.2 Å². The van der Waals surface area contributed by atoms with Gasteiger partial charge in [-0.15, -0.1) is 0 Å². The first-order valence-corrected chi connectivity index (χ1v) is 4.17. The standard InChI is InChI=1S/C10H10NO2.Li/c12-10-11(6-7-13-10)8-9-4-2-1-3-5-9;/h1-6H,7-8H2;/q-1;+1. The summed E-state index contributed by atoms with van der Waals surface area (Å²) in [4.78, 5) is 12.6. The van der Waals surface area contributed by atoms with Crippen LogP contribution in [0.25, 0.3) is 0 Å². The molecule has 0 aromatic heterocycles. The van der Waals surface area contributed by atoms with E-state index >= 15 is 0 Å². The van der Waals surface area contributed by atoms with E-state index in [0.717, 1.165) is 5.56 Å². The molecule has 0 saturated carbocycles. The molecule has 0 spiro atoms. The normalized spacial score (nSPS) is 14.9. The van der Waals surface area contributed by atoms with E-state index in [1.165, 1.54) is 0 Å². The largest absolute Gasteiger partial charge is 1.00 e. The average molecular weight is 183 g/mol. The molecule has 1 saturated heterocycles. The maximum absolute atomic E-state index is 11.1. The van der Waals surface area contributed by atoms with Crippen LogP contribution in [0.1, 0.15) is 5.56 Å². The zero-order valence-corrected chi connectivity index (χ0v) is 8.14. The van der Waals surface area contributed by atoms with Crippen molar-refractivity contribution >= 4 is 6.09 Å². The minimum Gasteiger partial charge on any atom is -0.483 e. The van der Waals surface area contributed by atoms with Gasteiger partial charge in [-0.3, -0.25) is 0 Å². The molecule has 0 unspecified atom stereocenters. The summed E-state index contributed by atoms with van der Waals surface area (Å²) in [7, 11) is 0. The summed E-state index contributed by atoms with van der Waals surface area (Å²) in [6.07, 6.45) is -0.260. The molecule has 1 aromatic carbocycles. The van der Waals surface area contributed by atoms with Gasteiger partial charge in [-0.05, 0) is 12.2 Å². The van der Waals surface area contributed by atoms with Crippen LogP contribution in [0.2, 0.25) is 0 Å². The molecular weight excluding hydrogens is 173 g/mol. The molecule has 1 aliphatic heterocycles. The van der Waals surface area contributed by atoms with Gasteiger partial charge < -0.3 is 9.64 Å². The number of benzene rings is 1. The molecule has 0 bridgehead atoms. The minimum absolute atomic E-state index is 0.